The molecule has 1 aromatic rings. The summed E-state index contributed by atoms with van der Waals surface area (Å²) >= 11 is 0. The van der Waals surface area contributed by atoms with Gasteiger partial charge in [0, 0.05) is 6.42 Å². The van der Waals surface area contributed by atoms with Crippen molar-refractivity contribution in [1.82, 2.24) is 0 Å². The van der Waals surface area contributed by atoms with Gasteiger partial charge < -0.3 is 29.8 Å². The van der Waals surface area contributed by atoms with Crippen LogP contribution in [0.1, 0.15) is 56.5 Å². The van der Waals surface area contributed by atoms with Crippen molar-refractivity contribution in [2.75, 3.05) is 6.79 Å². The van der Waals surface area contributed by atoms with Gasteiger partial charge in [0.25, 0.3) is 5.91 Å². The van der Waals surface area contributed by atoms with Crippen LogP contribution in [0.3, 0.4) is 0 Å². The Kier molecular flexibility index (Phi) is 4.86. The highest BCUT2D eigenvalue weighted by atomic mass is 16.8. The first-order chi connectivity index (χ1) is 12.4. The van der Waals surface area contributed by atoms with Crippen LogP contribution in [-0.2, 0) is 9.47 Å². The van der Waals surface area contributed by atoms with E-state index in [2.05, 4.69) is 0 Å². The van der Waals surface area contributed by atoms with Crippen LogP contribution in [0.25, 0.3) is 5.57 Å². The number of benzene rings is 1. The summed E-state index contributed by atoms with van der Waals surface area (Å²) < 4.78 is 22.4. The van der Waals surface area contributed by atoms with Gasteiger partial charge in [-0.3, -0.25) is 4.79 Å². The average Bonchev–Trinajstić information content (AvgIpc) is 3.17. The molecule has 1 aromatic carbocycles. The maximum atomic E-state index is 11.9. The van der Waals surface area contributed by atoms with E-state index in [-0.39, 0.29) is 36.1 Å². The van der Waals surface area contributed by atoms with E-state index in [4.69, 9.17) is 24.7 Å². The van der Waals surface area contributed by atoms with E-state index in [1.54, 1.807) is 6.07 Å². The van der Waals surface area contributed by atoms with Gasteiger partial charge in [-0.15, -0.1) is 0 Å². The molecule has 2 unspecified atom stereocenters. The number of rotatable bonds is 2. The first kappa shape index (κ1) is 18.5. The molecular formula is C19H25NO6. The molecule has 0 radical (unpaired) electrons. The second-order valence-electron chi connectivity index (χ2n) is 6.63. The van der Waals surface area contributed by atoms with Crippen LogP contribution >= 0.6 is 0 Å². The third-order valence-electron chi connectivity index (χ3n) is 4.53. The number of phenols is 1. The second kappa shape index (κ2) is 6.81. The topological polar surface area (TPSA) is 100 Å². The standard InChI is InChI=1S/C17H19NO6.C2H6/c1-17(2)23-10-4-3-8(5-11(10)24-17)9-6-12-15(22-7-21-12)14(19)13(9)16(18)20;1-2/h3,6,10-11,19H,4-5,7H2,1-2H3,(H2,18,20);1-2H3. The zero-order valence-corrected chi connectivity index (χ0v) is 15.5. The van der Waals surface area contributed by atoms with E-state index >= 15 is 0 Å². The van der Waals surface area contributed by atoms with E-state index < -0.39 is 11.7 Å². The van der Waals surface area contributed by atoms with Gasteiger partial charge in [-0.1, -0.05) is 19.9 Å². The predicted molar refractivity (Wildman–Crippen MR) is 95.1 cm³/mol. The van der Waals surface area contributed by atoms with Crippen molar-refractivity contribution in [3.63, 3.8) is 0 Å². The molecular weight excluding hydrogens is 338 g/mol. The monoisotopic (exact) mass is 363 g/mol. The molecule has 4 rings (SSSR count). The minimum atomic E-state index is -0.715. The van der Waals surface area contributed by atoms with E-state index in [1.807, 2.05) is 33.8 Å². The van der Waals surface area contributed by atoms with Gasteiger partial charge in [-0.2, -0.15) is 0 Å². The number of primary amides is 1. The lowest BCUT2D eigenvalue weighted by molar-refractivity contribution is -0.145. The van der Waals surface area contributed by atoms with Gasteiger partial charge in [0.05, 0.1) is 17.8 Å². The molecule has 1 saturated heterocycles. The van der Waals surface area contributed by atoms with Crippen LogP contribution in [0, 0.1) is 0 Å². The first-order valence-corrected chi connectivity index (χ1v) is 8.86. The quantitative estimate of drug-likeness (QED) is 0.838. The molecule has 3 N–H and O–H groups in total. The van der Waals surface area contributed by atoms with Gasteiger partial charge in [-0.05, 0) is 37.5 Å². The number of amides is 1. The summed E-state index contributed by atoms with van der Waals surface area (Å²) in [6.07, 6.45) is 3.11. The third kappa shape index (κ3) is 3.12. The lowest BCUT2D eigenvalue weighted by Gasteiger charge is -2.24. The van der Waals surface area contributed by atoms with E-state index in [0.717, 1.165) is 5.57 Å². The highest BCUT2D eigenvalue weighted by Crippen LogP contribution is 2.48. The van der Waals surface area contributed by atoms with Crippen LogP contribution in [0.2, 0.25) is 0 Å². The molecule has 0 bridgehead atoms. The molecule has 1 aliphatic carbocycles. The van der Waals surface area contributed by atoms with Gasteiger partial charge in [0.2, 0.25) is 12.5 Å². The summed E-state index contributed by atoms with van der Waals surface area (Å²) in [5, 5.41) is 10.4. The Bertz CT molecular complexity index is 755. The Morgan fingerprint density at radius 3 is 2.62 bits per heavy atom. The lowest BCUT2D eigenvalue weighted by atomic mass is 9.87. The van der Waals surface area contributed by atoms with Crippen molar-refractivity contribution in [1.29, 1.82) is 0 Å². The number of nitrogens with two attached hydrogens (primary N) is 1. The summed E-state index contributed by atoms with van der Waals surface area (Å²) in [7, 11) is 0. The largest absolute Gasteiger partial charge is 0.504 e. The van der Waals surface area contributed by atoms with Crippen LogP contribution < -0.4 is 15.2 Å². The number of carbonyl (C=O) groups is 1. The molecule has 2 atom stereocenters. The maximum absolute atomic E-state index is 11.9. The van der Waals surface area contributed by atoms with Crippen molar-refractivity contribution >= 4 is 11.5 Å². The Hall–Kier alpha value is -2.25. The summed E-state index contributed by atoms with van der Waals surface area (Å²) in [5.74, 6) is -1.06. The molecule has 7 nitrogen and oxygen atoms in total. The Labute approximate surface area is 152 Å². The van der Waals surface area contributed by atoms with Crippen molar-refractivity contribution in [3.05, 3.63) is 23.3 Å². The molecule has 26 heavy (non-hydrogen) atoms. The molecule has 1 amide bonds. The number of fused-ring (bicyclic) bond motifs is 2. The van der Waals surface area contributed by atoms with E-state index in [1.165, 1.54) is 0 Å². The number of hydrogen-bond acceptors (Lipinski definition) is 6. The number of carbonyl (C=O) groups excluding carboxylic acids is 1. The van der Waals surface area contributed by atoms with Gasteiger partial charge >= 0.3 is 0 Å². The summed E-state index contributed by atoms with van der Waals surface area (Å²) in [6, 6.07) is 1.69. The predicted octanol–water partition coefficient (Wildman–Crippen LogP) is 2.94. The van der Waals surface area contributed by atoms with Crippen molar-refractivity contribution in [2.24, 2.45) is 5.73 Å². The molecule has 1 fully saturated rings. The molecule has 142 valence electrons. The summed E-state index contributed by atoms with van der Waals surface area (Å²) in [4.78, 5) is 11.9. The van der Waals surface area contributed by atoms with Crippen LogP contribution in [0.4, 0.5) is 0 Å². The minimum Gasteiger partial charge on any atom is -0.504 e. The highest BCUT2D eigenvalue weighted by molar-refractivity contribution is 6.02. The Morgan fingerprint density at radius 2 is 1.92 bits per heavy atom. The number of hydrogen-bond donors (Lipinski definition) is 2. The Morgan fingerprint density at radius 1 is 1.23 bits per heavy atom. The maximum Gasteiger partial charge on any atom is 0.253 e. The van der Waals surface area contributed by atoms with Crippen molar-refractivity contribution in [2.45, 2.75) is 58.5 Å². The first-order valence-electron chi connectivity index (χ1n) is 8.86. The SMILES string of the molecule is CC.CC1(C)OC2CC=C(c3cc4c(c(O)c3C(N)=O)OCO4)CC2O1. The van der Waals surface area contributed by atoms with E-state index in [0.29, 0.717) is 24.2 Å². The van der Waals surface area contributed by atoms with Gasteiger partial charge in [-0.25, -0.2) is 0 Å². The van der Waals surface area contributed by atoms with Crippen LogP contribution in [-0.4, -0.2) is 35.8 Å². The average molecular weight is 363 g/mol. The zero-order chi connectivity index (χ0) is 19.1. The molecule has 0 aromatic heterocycles. The molecule has 2 heterocycles. The Balaban J connectivity index is 0.000000948. The fourth-order valence-electron chi connectivity index (χ4n) is 3.59. The zero-order valence-electron chi connectivity index (χ0n) is 15.5. The van der Waals surface area contributed by atoms with Crippen LogP contribution in [0.15, 0.2) is 12.1 Å². The number of ether oxygens (including phenoxy) is 4. The van der Waals surface area contributed by atoms with E-state index in [9.17, 15) is 9.90 Å². The van der Waals surface area contributed by atoms with Crippen LogP contribution in [0.5, 0.6) is 17.2 Å². The van der Waals surface area contributed by atoms with Crippen molar-refractivity contribution in [3.8, 4) is 17.2 Å². The number of aromatic hydroxyl groups is 1. The smallest absolute Gasteiger partial charge is 0.253 e. The fraction of sp³-hybridized carbons (Fsp3) is 0.526. The van der Waals surface area contributed by atoms with Gasteiger partial charge in [0.1, 0.15) is 0 Å². The highest BCUT2D eigenvalue weighted by Gasteiger charge is 2.43. The molecule has 0 spiro atoms. The summed E-state index contributed by atoms with van der Waals surface area (Å²) in [5.41, 5.74) is 6.96. The minimum absolute atomic E-state index is 0.000560. The van der Waals surface area contributed by atoms with Gasteiger partial charge in [0.15, 0.2) is 17.3 Å². The normalized spacial score (nSPS) is 25.0. The van der Waals surface area contributed by atoms with Crippen molar-refractivity contribution < 1.29 is 28.8 Å². The third-order valence-corrected chi connectivity index (χ3v) is 4.53. The molecule has 0 saturated carbocycles. The molecule has 2 aliphatic heterocycles. The molecule has 7 heteroatoms. The second-order valence-corrected chi connectivity index (χ2v) is 6.63. The summed E-state index contributed by atoms with van der Waals surface area (Å²) in [6.45, 7) is 7.76. The lowest BCUT2D eigenvalue weighted by Crippen LogP contribution is -2.26. The molecule has 3 aliphatic rings. The fourth-order valence-corrected chi connectivity index (χ4v) is 3.59.